The minimum absolute atomic E-state index is 0.194. The van der Waals surface area contributed by atoms with Crippen molar-refractivity contribution in [3.05, 3.63) is 29.0 Å². The maximum absolute atomic E-state index is 12.9. The number of aryl methyl sites for hydroxylation is 1. The van der Waals surface area contributed by atoms with E-state index < -0.39 is 5.97 Å². The van der Waals surface area contributed by atoms with Crippen molar-refractivity contribution >= 4 is 27.5 Å². The van der Waals surface area contributed by atoms with Crippen molar-refractivity contribution in [2.75, 3.05) is 0 Å². The summed E-state index contributed by atoms with van der Waals surface area (Å²) in [4.78, 5) is 14.7. The van der Waals surface area contributed by atoms with Gasteiger partial charge in [0.05, 0.1) is 15.2 Å². The molecular weight excluding hydrogens is 241 g/mol. The third kappa shape index (κ3) is 3.23. The van der Waals surface area contributed by atoms with Crippen LogP contribution < -0.4 is 0 Å². The molecule has 0 unspecified atom stereocenters. The highest BCUT2D eigenvalue weighted by molar-refractivity contribution is 7.18. The van der Waals surface area contributed by atoms with Crippen LogP contribution in [0.5, 0.6) is 0 Å². The van der Waals surface area contributed by atoms with Gasteiger partial charge in [0.2, 0.25) is 0 Å². The molecule has 2 rings (SSSR count). The molecule has 0 bridgehead atoms. The number of aromatic nitrogens is 1. The van der Waals surface area contributed by atoms with Crippen LogP contribution >= 0.6 is 11.3 Å². The van der Waals surface area contributed by atoms with Crippen molar-refractivity contribution in [1.29, 1.82) is 0 Å². The minimum atomic E-state index is -0.767. The first-order chi connectivity index (χ1) is 8.15. The summed E-state index contributed by atoms with van der Waals surface area (Å²) in [6.45, 7) is 0. The fraction of sp³-hybridized carbons (Fsp3) is 0.333. The molecule has 90 valence electrons. The Bertz CT molecular complexity index is 538. The smallest absolute Gasteiger partial charge is 0.303 e. The molecule has 0 aliphatic rings. The van der Waals surface area contributed by atoms with E-state index in [0.29, 0.717) is 11.9 Å². The van der Waals surface area contributed by atoms with Crippen molar-refractivity contribution < 1.29 is 14.3 Å². The molecule has 3 nitrogen and oxygen atoms in total. The Labute approximate surface area is 102 Å². The lowest BCUT2D eigenvalue weighted by atomic mass is 10.2. The fourth-order valence-electron chi connectivity index (χ4n) is 1.61. The van der Waals surface area contributed by atoms with Crippen molar-refractivity contribution in [3.8, 4) is 0 Å². The van der Waals surface area contributed by atoms with E-state index in [0.717, 1.165) is 22.5 Å². The van der Waals surface area contributed by atoms with Crippen LogP contribution in [0, 0.1) is 5.82 Å². The zero-order chi connectivity index (χ0) is 12.3. The number of unbranched alkanes of at least 4 members (excludes halogenated alkanes) is 1. The summed E-state index contributed by atoms with van der Waals surface area (Å²) in [5.41, 5.74) is 0.684. The van der Waals surface area contributed by atoms with Crippen LogP contribution in [0.2, 0.25) is 0 Å². The van der Waals surface area contributed by atoms with Gasteiger partial charge in [-0.2, -0.15) is 0 Å². The molecule has 0 atom stereocenters. The average Bonchev–Trinajstić information content (AvgIpc) is 2.66. The largest absolute Gasteiger partial charge is 0.481 e. The number of hydrogen-bond donors (Lipinski definition) is 1. The number of thiazole rings is 1. The molecule has 5 heteroatoms. The second kappa shape index (κ2) is 5.23. The third-order valence-electron chi connectivity index (χ3n) is 2.43. The van der Waals surface area contributed by atoms with Crippen LogP contribution in [0.15, 0.2) is 18.2 Å². The van der Waals surface area contributed by atoms with Crippen LogP contribution in [0.4, 0.5) is 4.39 Å². The number of halogens is 1. The summed E-state index contributed by atoms with van der Waals surface area (Å²) >= 11 is 1.54. The predicted molar refractivity (Wildman–Crippen MR) is 64.8 cm³/mol. The van der Waals surface area contributed by atoms with Crippen LogP contribution in [-0.2, 0) is 11.2 Å². The van der Waals surface area contributed by atoms with E-state index in [9.17, 15) is 9.18 Å². The van der Waals surface area contributed by atoms with Gasteiger partial charge in [-0.15, -0.1) is 11.3 Å². The van der Waals surface area contributed by atoms with Crippen LogP contribution in [0.1, 0.15) is 24.3 Å². The van der Waals surface area contributed by atoms with E-state index in [-0.39, 0.29) is 12.2 Å². The Hall–Kier alpha value is -1.49. The van der Waals surface area contributed by atoms with Crippen molar-refractivity contribution in [1.82, 2.24) is 4.98 Å². The molecule has 0 aliphatic carbocycles. The van der Waals surface area contributed by atoms with E-state index in [4.69, 9.17) is 5.11 Å². The molecule has 0 radical (unpaired) electrons. The van der Waals surface area contributed by atoms with Crippen molar-refractivity contribution in [3.63, 3.8) is 0 Å². The van der Waals surface area contributed by atoms with E-state index in [1.807, 2.05) is 0 Å². The topological polar surface area (TPSA) is 50.2 Å². The Morgan fingerprint density at radius 3 is 3.00 bits per heavy atom. The molecule has 1 aromatic heterocycles. The summed E-state index contributed by atoms with van der Waals surface area (Å²) in [6, 6.07) is 4.57. The predicted octanol–water partition coefficient (Wildman–Crippen LogP) is 3.23. The molecule has 1 aromatic carbocycles. The number of carbonyl (C=O) groups is 1. The van der Waals surface area contributed by atoms with E-state index in [1.54, 1.807) is 6.07 Å². The molecule has 0 spiro atoms. The summed E-state index contributed by atoms with van der Waals surface area (Å²) in [5, 5.41) is 9.44. The first-order valence-electron chi connectivity index (χ1n) is 5.42. The van der Waals surface area contributed by atoms with Crippen LogP contribution in [0.25, 0.3) is 10.2 Å². The second-order valence-electron chi connectivity index (χ2n) is 3.82. The highest BCUT2D eigenvalue weighted by Crippen LogP contribution is 2.23. The quantitative estimate of drug-likeness (QED) is 0.832. The number of carboxylic acid groups (broad SMARTS) is 1. The molecule has 0 aliphatic heterocycles. The van der Waals surface area contributed by atoms with Gasteiger partial charge in [0.25, 0.3) is 0 Å². The van der Waals surface area contributed by atoms with Gasteiger partial charge in [0, 0.05) is 12.5 Å². The van der Waals surface area contributed by atoms with E-state index in [1.165, 1.54) is 23.5 Å². The van der Waals surface area contributed by atoms with Crippen LogP contribution in [0.3, 0.4) is 0 Å². The third-order valence-corrected chi connectivity index (χ3v) is 3.52. The molecule has 0 fully saturated rings. The SMILES string of the molecule is O=C(O)CCCCc1nc2cc(F)ccc2s1. The second-order valence-corrected chi connectivity index (χ2v) is 4.94. The molecule has 0 amide bonds. The van der Waals surface area contributed by atoms with Crippen molar-refractivity contribution in [2.45, 2.75) is 25.7 Å². The maximum Gasteiger partial charge on any atom is 0.303 e. The average molecular weight is 253 g/mol. The normalized spacial score (nSPS) is 10.9. The number of aliphatic carboxylic acids is 1. The minimum Gasteiger partial charge on any atom is -0.481 e. The van der Waals surface area contributed by atoms with Crippen LogP contribution in [-0.4, -0.2) is 16.1 Å². The standard InChI is InChI=1S/C12H12FNO2S/c13-8-5-6-10-9(7-8)14-11(17-10)3-1-2-4-12(15)16/h5-7H,1-4H2,(H,15,16). The van der Waals surface area contributed by atoms with Gasteiger partial charge in [-0.05, 0) is 31.4 Å². The lowest BCUT2D eigenvalue weighted by Gasteiger charge is -1.94. The van der Waals surface area contributed by atoms with Gasteiger partial charge in [0.15, 0.2) is 0 Å². The molecule has 2 aromatic rings. The number of rotatable bonds is 5. The number of carboxylic acids is 1. The number of fused-ring (bicyclic) bond motifs is 1. The number of nitrogens with zero attached hydrogens (tertiary/aromatic N) is 1. The van der Waals surface area contributed by atoms with E-state index >= 15 is 0 Å². The Balaban J connectivity index is 1.97. The van der Waals surface area contributed by atoms with Gasteiger partial charge in [-0.25, -0.2) is 9.37 Å². The molecule has 1 heterocycles. The Kier molecular flexibility index (Phi) is 3.68. The van der Waals surface area contributed by atoms with Gasteiger partial charge in [0.1, 0.15) is 5.82 Å². The zero-order valence-electron chi connectivity index (χ0n) is 9.15. The summed E-state index contributed by atoms with van der Waals surface area (Å²) in [5.74, 6) is -1.04. The molecular formula is C12H12FNO2S. The molecule has 0 saturated carbocycles. The number of benzene rings is 1. The zero-order valence-corrected chi connectivity index (χ0v) is 9.97. The Morgan fingerprint density at radius 2 is 2.24 bits per heavy atom. The first kappa shape index (κ1) is 12.0. The summed E-state index contributed by atoms with van der Waals surface area (Å²) in [7, 11) is 0. The molecule has 1 N–H and O–H groups in total. The highest BCUT2D eigenvalue weighted by Gasteiger charge is 2.05. The molecule has 17 heavy (non-hydrogen) atoms. The monoisotopic (exact) mass is 253 g/mol. The first-order valence-corrected chi connectivity index (χ1v) is 6.23. The molecule has 0 saturated heterocycles. The van der Waals surface area contributed by atoms with Gasteiger partial charge in [-0.1, -0.05) is 0 Å². The fourth-order valence-corrected chi connectivity index (χ4v) is 2.60. The maximum atomic E-state index is 12.9. The van der Waals surface area contributed by atoms with Gasteiger partial charge >= 0.3 is 5.97 Å². The summed E-state index contributed by atoms with van der Waals surface area (Å²) in [6.07, 6.45) is 2.40. The summed E-state index contributed by atoms with van der Waals surface area (Å²) < 4.78 is 13.9. The number of hydrogen-bond acceptors (Lipinski definition) is 3. The lowest BCUT2D eigenvalue weighted by molar-refractivity contribution is -0.137. The van der Waals surface area contributed by atoms with E-state index in [2.05, 4.69) is 4.98 Å². The van der Waals surface area contributed by atoms with Crippen molar-refractivity contribution in [2.24, 2.45) is 0 Å². The Morgan fingerprint density at radius 1 is 1.41 bits per heavy atom. The van der Waals surface area contributed by atoms with Gasteiger partial charge < -0.3 is 5.11 Å². The van der Waals surface area contributed by atoms with Gasteiger partial charge in [-0.3, -0.25) is 4.79 Å². The lowest BCUT2D eigenvalue weighted by Crippen LogP contribution is -1.94. The highest BCUT2D eigenvalue weighted by atomic mass is 32.1.